The summed E-state index contributed by atoms with van der Waals surface area (Å²) in [6.45, 7) is 0.366. The predicted molar refractivity (Wildman–Crippen MR) is 125 cm³/mol. The zero-order chi connectivity index (χ0) is 24.7. The standard InChI is InChI=1S/C18H34N6O6S2/c1-32-7-5-10(20)15(26)23-12(8-14(21)25)17(28)22-11(4-2-3-6-19)16(27)24-13(9-31)18(29)30/h10-13,31H,2-9,19-20H2,1H3,(H2,21,25)(H,22,28)(H,23,26)(H,24,27)(H,29,30). The lowest BCUT2D eigenvalue weighted by molar-refractivity contribution is -0.141. The van der Waals surface area contributed by atoms with Crippen LogP contribution in [0.3, 0.4) is 0 Å². The van der Waals surface area contributed by atoms with Gasteiger partial charge < -0.3 is 38.3 Å². The summed E-state index contributed by atoms with van der Waals surface area (Å²) in [5.41, 5.74) is 16.5. The van der Waals surface area contributed by atoms with E-state index >= 15 is 0 Å². The second kappa shape index (κ2) is 16.6. The van der Waals surface area contributed by atoms with E-state index in [1.165, 1.54) is 11.8 Å². The molecule has 0 radical (unpaired) electrons. The Bertz CT molecular complexity index is 653. The quantitative estimate of drug-likeness (QED) is 0.0792. The molecule has 184 valence electrons. The van der Waals surface area contributed by atoms with Crippen LogP contribution in [0.5, 0.6) is 0 Å². The molecule has 0 aliphatic heterocycles. The molecule has 0 spiro atoms. The molecule has 0 aliphatic carbocycles. The number of primary amides is 1. The summed E-state index contributed by atoms with van der Waals surface area (Å²) in [6, 6.07) is -4.60. The van der Waals surface area contributed by atoms with Crippen LogP contribution in [0.4, 0.5) is 0 Å². The van der Waals surface area contributed by atoms with Gasteiger partial charge in [0.05, 0.1) is 12.5 Å². The van der Waals surface area contributed by atoms with E-state index < -0.39 is 60.2 Å². The minimum absolute atomic E-state index is 0.154. The van der Waals surface area contributed by atoms with Crippen LogP contribution in [0, 0.1) is 0 Å². The number of unbranched alkanes of at least 4 members (excludes halogenated alkanes) is 1. The number of hydrogen-bond donors (Lipinski definition) is 8. The molecule has 0 aromatic carbocycles. The van der Waals surface area contributed by atoms with Crippen LogP contribution in [0.1, 0.15) is 32.1 Å². The van der Waals surface area contributed by atoms with Gasteiger partial charge in [0.15, 0.2) is 0 Å². The monoisotopic (exact) mass is 494 g/mol. The summed E-state index contributed by atoms with van der Waals surface area (Å²) >= 11 is 5.39. The van der Waals surface area contributed by atoms with Crippen LogP contribution < -0.4 is 33.2 Å². The van der Waals surface area contributed by atoms with E-state index in [4.69, 9.17) is 22.3 Å². The second-order valence-corrected chi connectivity index (χ2v) is 8.40. The van der Waals surface area contributed by atoms with Crippen molar-refractivity contribution in [2.75, 3.05) is 24.3 Å². The number of aliphatic carboxylic acids is 1. The van der Waals surface area contributed by atoms with Crippen LogP contribution >= 0.6 is 24.4 Å². The molecule has 0 saturated carbocycles. The molecule has 32 heavy (non-hydrogen) atoms. The molecule has 0 saturated heterocycles. The Labute approximate surface area is 196 Å². The van der Waals surface area contributed by atoms with Crippen molar-refractivity contribution in [1.29, 1.82) is 0 Å². The van der Waals surface area contributed by atoms with Gasteiger partial charge in [0.2, 0.25) is 23.6 Å². The third kappa shape index (κ3) is 12.1. The highest BCUT2D eigenvalue weighted by atomic mass is 32.2. The van der Waals surface area contributed by atoms with Crippen molar-refractivity contribution in [1.82, 2.24) is 16.0 Å². The van der Waals surface area contributed by atoms with E-state index in [2.05, 4.69) is 28.6 Å². The number of rotatable bonds is 17. The minimum Gasteiger partial charge on any atom is -0.480 e. The Morgan fingerprint density at radius 1 is 0.938 bits per heavy atom. The maximum atomic E-state index is 12.8. The number of nitrogens with one attached hydrogen (secondary N) is 3. The van der Waals surface area contributed by atoms with Gasteiger partial charge in [-0.15, -0.1) is 0 Å². The molecule has 14 heteroatoms. The topological polar surface area (TPSA) is 220 Å². The van der Waals surface area contributed by atoms with E-state index in [-0.39, 0.29) is 12.2 Å². The number of thiol groups is 1. The normalized spacial score (nSPS) is 14.5. The van der Waals surface area contributed by atoms with Gasteiger partial charge in [-0.1, -0.05) is 0 Å². The van der Waals surface area contributed by atoms with Gasteiger partial charge in [-0.3, -0.25) is 19.2 Å². The predicted octanol–water partition coefficient (Wildman–Crippen LogP) is -2.46. The molecule has 0 aromatic heterocycles. The molecule has 4 amide bonds. The Kier molecular flexibility index (Phi) is 15.5. The first kappa shape index (κ1) is 30.0. The third-order valence-corrected chi connectivity index (χ3v) is 5.39. The first-order chi connectivity index (χ1) is 15.1. The van der Waals surface area contributed by atoms with E-state index in [0.29, 0.717) is 31.6 Å². The molecule has 0 bridgehead atoms. The number of thioether (sulfide) groups is 1. The van der Waals surface area contributed by atoms with Gasteiger partial charge in [0.1, 0.15) is 18.1 Å². The fourth-order valence-corrected chi connectivity index (χ4v) is 3.29. The fraction of sp³-hybridized carbons (Fsp3) is 0.722. The maximum Gasteiger partial charge on any atom is 0.327 e. The van der Waals surface area contributed by atoms with Crippen molar-refractivity contribution < 1.29 is 29.1 Å². The number of amides is 4. The SMILES string of the molecule is CSCCC(N)C(=O)NC(CC(N)=O)C(=O)NC(CCCCN)C(=O)NC(CS)C(=O)O. The van der Waals surface area contributed by atoms with Crippen molar-refractivity contribution in [2.45, 2.75) is 56.3 Å². The van der Waals surface area contributed by atoms with Crippen molar-refractivity contribution >= 4 is 54.0 Å². The van der Waals surface area contributed by atoms with Crippen molar-refractivity contribution in [3.63, 3.8) is 0 Å². The fourth-order valence-electron chi connectivity index (χ4n) is 2.56. The molecule has 10 N–H and O–H groups in total. The number of carboxylic acids is 1. The molecule has 0 rings (SSSR count). The molecule has 0 aliphatic rings. The first-order valence-electron chi connectivity index (χ1n) is 10.0. The van der Waals surface area contributed by atoms with Crippen LogP contribution in [-0.2, 0) is 24.0 Å². The lowest BCUT2D eigenvalue weighted by Gasteiger charge is -2.24. The Balaban J connectivity index is 5.38. The second-order valence-electron chi connectivity index (χ2n) is 7.05. The number of carbonyl (C=O) groups excluding carboxylic acids is 4. The number of nitrogens with two attached hydrogens (primary N) is 3. The van der Waals surface area contributed by atoms with Crippen molar-refractivity contribution in [2.24, 2.45) is 17.2 Å². The zero-order valence-electron chi connectivity index (χ0n) is 18.0. The van der Waals surface area contributed by atoms with E-state index in [0.717, 1.165) is 0 Å². The number of carboxylic acid groups (broad SMARTS) is 1. The summed E-state index contributed by atoms with van der Waals surface area (Å²) in [5, 5.41) is 16.3. The highest BCUT2D eigenvalue weighted by Crippen LogP contribution is 2.05. The third-order valence-electron chi connectivity index (χ3n) is 4.39. The minimum atomic E-state index is -1.34. The molecule has 4 atom stereocenters. The van der Waals surface area contributed by atoms with E-state index in [1.807, 2.05) is 6.26 Å². The van der Waals surface area contributed by atoms with Crippen LogP contribution in [0.15, 0.2) is 0 Å². The Hall–Kier alpha value is -2.03. The number of carbonyl (C=O) groups is 5. The summed E-state index contributed by atoms with van der Waals surface area (Å²) in [7, 11) is 0. The molecule has 0 heterocycles. The number of hydrogen-bond acceptors (Lipinski definition) is 9. The Morgan fingerprint density at radius 3 is 2.00 bits per heavy atom. The molecule has 0 aromatic rings. The van der Waals surface area contributed by atoms with Crippen LogP contribution in [-0.4, -0.2) is 83.2 Å². The highest BCUT2D eigenvalue weighted by molar-refractivity contribution is 7.98. The zero-order valence-corrected chi connectivity index (χ0v) is 19.8. The summed E-state index contributed by atoms with van der Waals surface area (Å²) in [5.74, 6) is -3.84. The lowest BCUT2D eigenvalue weighted by Crippen LogP contribution is -2.58. The van der Waals surface area contributed by atoms with Gasteiger partial charge in [-0.2, -0.15) is 24.4 Å². The van der Waals surface area contributed by atoms with Gasteiger partial charge >= 0.3 is 5.97 Å². The van der Waals surface area contributed by atoms with Crippen molar-refractivity contribution in [3.05, 3.63) is 0 Å². The molecular formula is C18H34N6O6S2. The average molecular weight is 495 g/mol. The Morgan fingerprint density at radius 2 is 1.50 bits per heavy atom. The van der Waals surface area contributed by atoms with Gasteiger partial charge in [-0.25, -0.2) is 4.79 Å². The summed E-state index contributed by atoms with van der Waals surface area (Å²) in [6.07, 6.45) is 2.92. The van der Waals surface area contributed by atoms with Gasteiger partial charge in [0, 0.05) is 5.75 Å². The largest absolute Gasteiger partial charge is 0.480 e. The first-order valence-corrected chi connectivity index (χ1v) is 12.1. The maximum absolute atomic E-state index is 12.8. The molecule has 4 unspecified atom stereocenters. The van der Waals surface area contributed by atoms with Crippen LogP contribution in [0.25, 0.3) is 0 Å². The van der Waals surface area contributed by atoms with E-state index in [9.17, 15) is 24.0 Å². The van der Waals surface area contributed by atoms with E-state index in [1.54, 1.807) is 0 Å². The smallest absolute Gasteiger partial charge is 0.327 e. The molecular weight excluding hydrogens is 460 g/mol. The summed E-state index contributed by atoms with van der Waals surface area (Å²) in [4.78, 5) is 60.2. The highest BCUT2D eigenvalue weighted by Gasteiger charge is 2.30. The van der Waals surface area contributed by atoms with Crippen molar-refractivity contribution in [3.8, 4) is 0 Å². The van der Waals surface area contributed by atoms with Gasteiger partial charge in [0.25, 0.3) is 0 Å². The lowest BCUT2D eigenvalue weighted by atomic mass is 10.1. The van der Waals surface area contributed by atoms with Gasteiger partial charge in [-0.05, 0) is 44.2 Å². The molecule has 12 nitrogen and oxygen atoms in total. The molecule has 0 fully saturated rings. The average Bonchev–Trinajstić information content (AvgIpc) is 2.73. The van der Waals surface area contributed by atoms with Crippen LogP contribution in [0.2, 0.25) is 0 Å². The summed E-state index contributed by atoms with van der Waals surface area (Å²) < 4.78 is 0.